The maximum atomic E-state index is 12.6. The van der Waals surface area contributed by atoms with Crippen molar-refractivity contribution in [3.8, 4) is 0 Å². The lowest BCUT2D eigenvalue weighted by Gasteiger charge is -2.35. The Morgan fingerprint density at radius 2 is 2.05 bits per heavy atom. The van der Waals surface area contributed by atoms with E-state index in [0.29, 0.717) is 17.9 Å². The van der Waals surface area contributed by atoms with Crippen LogP contribution in [0.3, 0.4) is 0 Å². The van der Waals surface area contributed by atoms with Crippen LogP contribution < -0.4 is 5.56 Å². The average molecular weight is 295 g/mol. The van der Waals surface area contributed by atoms with E-state index in [2.05, 4.69) is 24.8 Å². The molecular weight excluding hydrogens is 270 g/mol. The quantitative estimate of drug-likeness (QED) is 0.847. The van der Waals surface area contributed by atoms with E-state index in [-0.39, 0.29) is 16.5 Å². The lowest BCUT2D eigenvalue weighted by molar-refractivity contribution is -0.0237. The molecule has 0 amide bonds. The van der Waals surface area contributed by atoms with Crippen LogP contribution in [0.15, 0.2) is 22.0 Å². The Labute approximate surface area is 123 Å². The van der Waals surface area contributed by atoms with Gasteiger partial charge in [0.2, 0.25) is 0 Å². The van der Waals surface area contributed by atoms with Gasteiger partial charge in [0.25, 0.3) is 5.56 Å². The molecule has 0 aliphatic heterocycles. The van der Waals surface area contributed by atoms with Crippen molar-refractivity contribution in [1.82, 2.24) is 4.57 Å². The van der Waals surface area contributed by atoms with E-state index in [1.807, 2.05) is 4.57 Å². The Hall–Kier alpha value is -0.740. The second kappa shape index (κ2) is 5.57. The summed E-state index contributed by atoms with van der Waals surface area (Å²) in [6, 6.07) is 2.18. The molecule has 20 heavy (non-hydrogen) atoms. The highest BCUT2D eigenvalue weighted by Crippen LogP contribution is 2.41. The molecule has 2 fully saturated rings. The first-order valence-electron chi connectivity index (χ1n) is 7.54. The molecule has 0 saturated heterocycles. The first kappa shape index (κ1) is 14.2. The largest absolute Gasteiger partial charge is 0.381 e. The summed E-state index contributed by atoms with van der Waals surface area (Å²) < 4.78 is 7.44. The molecule has 0 radical (unpaired) electrons. The summed E-state index contributed by atoms with van der Waals surface area (Å²) >= 11 is 0. The van der Waals surface area contributed by atoms with Crippen LogP contribution in [0.25, 0.3) is 0 Å². The number of ether oxygens (including phenoxy) is 1. The van der Waals surface area contributed by atoms with Crippen LogP contribution in [-0.2, 0) is 11.3 Å². The van der Waals surface area contributed by atoms with E-state index in [1.165, 1.54) is 24.8 Å². The van der Waals surface area contributed by atoms with E-state index in [0.717, 1.165) is 17.9 Å². The second-order valence-corrected chi connectivity index (χ2v) is 8.67. The van der Waals surface area contributed by atoms with Gasteiger partial charge in [-0.2, -0.15) is 0 Å². The minimum atomic E-state index is -0.336. The van der Waals surface area contributed by atoms with E-state index in [4.69, 9.17) is 4.74 Å². The fraction of sp³-hybridized carbons (Fsp3) is 0.688. The molecule has 2 saturated carbocycles. The van der Waals surface area contributed by atoms with Crippen molar-refractivity contribution in [3.63, 3.8) is 0 Å². The van der Waals surface area contributed by atoms with Gasteiger partial charge in [-0.15, -0.1) is 0 Å². The number of thiol groups is 1. The molecule has 1 heterocycles. The predicted molar refractivity (Wildman–Crippen MR) is 85.3 cm³/mol. The van der Waals surface area contributed by atoms with Crippen LogP contribution in [0.1, 0.15) is 37.2 Å². The Bertz CT molecular complexity index is 546. The number of methoxy groups -OCH3 is 1. The normalized spacial score (nSPS) is 26.2. The molecule has 2 aliphatic carbocycles. The van der Waals surface area contributed by atoms with Crippen LogP contribution in [0.4, 0.5) is 0 Å². The topological polar surface area (TPSA) is 31.2 Å². The highest BCUT2D eigenvalue weighted by molar-refractivity contribution is 8.15. The van der Waals surface area contributed by atoms with Crippen molar-refractivity contribution < 1.29 is 4.74 Å². The molecule has 0 spiro atoms. The zero-order chi connectivity index (χ0) is 14.3. The molecule has 1 aromatic rings. The summed E-state index contributed by atoms with van der Waals surface area (Å²) in [6.45, 7) is 0.827. The van der Waals surface area contributed by atoms with E-state index in [9.17, 15) is 4.79 Å². The second-order valence-electron chi connectivity index (χ2n) is 6.40. The van der Waals surface area contributed by atoms with Gasteiger partial charge in [0.05, 0.1) is 11.0 Å². The Morgan fingerprint density at radius 1 is 1.30 bits per heavy atom. The van der Waals surface area contributed by atoms with E-state index >= 15 is 0 Å². The minimum Gasteiger partial charge on any atom is -0.381 e. The lowest BCUT2D eigenvalue weighted by atomic mass is 9.81. The fourth-order valence-electron chi connectivity index (χ4n) is 3.05. The number of hydrogen-bond donors (Lipinski definition) is 1. The SMILES string of the molecule is COC1CCC1Cn1cc(C2CC2)cc([SH](C)C)c1=O. The van der Waals surface area contributed by atoms with Crippen molar-refractivity contribution >= 4 is 10.9 Å². The maximum absolute atomic E-state index is 12.6. The van der Waals surface area contributed by atoms with E-state index in [1.54, 1.807) is 7.11 Å². The lowest BCUT2D eigenvalue weighted by Crippen LogP contribution is -2.38. The molecule has 0 bridgehead atoms. The van der Waals surface area contributed by atoms with Gasteiger partial charge in [0.15, 0.2) is 0 Å². The van der Waals surface area contributed by atoms with Crippen LogP contribution in [-0.4, -0.2) is 30.3 Å². The standard InChI is InChI=1S/C16H25NO2S/c1-19-14-7-6-12(14)9-17-10-13(11-4-5-11)8-15(16(17)18)20(2)3/h8,10-12,14,20H,4-7,9H2,1-3H3. The summed E-state index contributed by atoms with van der Waals surface area (Å²) in [4.78, 5) is 13.7. The Kier molecular flexibility index (Phi) is 3.95. The average Bonchev–Trinajstić information content (AvgIpc) is 3.20. The van der Waals surface area contributed by atoms with Crippen molar-refractivity contribution in [2.24, 2.45) is 5.92 Å². The van der Waals surface area contributed by atoms with Crippen LogP contribution in [0.5, 0.6) is 0 Å². The summed E-state index contributed by atoms with van der Waals surface area (Å²) in [5.74, 6) is 1.22. The number of rotatable bonds is 5. The molecule has 2 aliphatic rings. The minimum absolute atomic E-state index is 0.229. The van der Waals surface area contributed by atoms with Gasteiger partial charge in [0.1, 0.15) is 0 Å². The van der Waals surface area contributed by atoms with Gasteiger partial charge >= 0.3 is 0 Å². The van der Waals surface area contributed by atoms with Crippen molar-refractivity contribution in [1.29, 1.82) is 0 Å². The van der Waals surface area contributed by atoms with E-state index < -0.39 is 0 Å². The summed E-state index contributed by atoms with van der Waals surface area (Å²) in [5, 5.41) is 0. The molecule has 0 N–H and O–H groups in total. The Morgan fingerprint density at radius 3 is 2.55 bits per heavy atom. The third-order valence-electron chi connectivity index (χ3n) is 4.70. The van der Waals surface area contributed by atoms with Crippen LogP contribution >= 0.6 is 10.9 Å². The zero-order valence-electron chi connectivity index (χ0n) is 12.6. The summed E-state index contributed by atoms with van der Waals surface area (Å²) in [5.41, 5.74) is 1.61. The number of pyridine rings is 1. The smallest absolute Gasteiger partial charge is 0.262 e. The molecule has 112 valence electrons. The molecule has 2 atom stereocenters. The molecule has 3 nitrogen and oxygen atoms in total. The van der Waals surface area contributed by atoms with Gasteiger partial charge in [-0.25, -0.2) is 10.9 Å². The molecule has 2 unspecified atom stereocenters. The highest BCUT2D eigenvalue weighted by atomic mass is 32.2. The van der Waals surface area contributed by atoms with Crippen molar-refractivity contribution in [2.45, 2.75) is 49.1 Å². The summed E-state index contributed by atoms with van der Waals surface area (Å²) in [7, 11) is 1.44. The monoisotopic (exact) mass is 295 g/mol. The molecule has 0 aromatic carbocycles. The first-order valence-corrected chi connectivity index (χ1v) is 9.78. The zero-order valence-corrected chi connectivity index (χ0v) is 13.5. The maximum Gasteiger partial charge on any atom is 0.262 e. The molecule has 3 rings (SSSR count). The van der Waals surface area contributed by atoms with Gasteiger partial charge < -0.3 is 9.30 Å². The van der Waals surface area contributed by atoms with Crippen molar-refractivity contribution in [2.75, 3.05) is 19.6 Å². The third kappa shape index (κ3) is 2.68. The first-order chi connectivity index (χ1) is 9.60. The van der Waals surface area contributed by atoms with Crippen molar-refractivity contribution in [3.05, 3.63) is 28.2 Å². The van der Waals surface area contributed by atoms with Crippen LogP contribution in [0.2, 0.25) is 0 Å². The number of hydrogen-bond acceptors (Lipinski definition) is 2. The molecular formula is C16H25NO2S. The van der Waals surface area contributed by atoms with Gasteiger partial charge in [-0.3, -0.25) is 4.79 Å². The molecule has 4 heteroatoms. The predicted octanol–water partition coefficient (Wildman–Crippen LogP) is 2.77. The number of nitrogens with zero attached hydrogens (tertiary/aromatic N) is 1. The Balaban J connectivity index is 1.90. The van der Waals surface area contributed by atoms with Gasteiger partial charge in [0, 0.05) is 25.8 Å². The number of aromatic nitrogens is 1. The van der Waals surface area contributed by atoms with Crippen LogP contribution in [0, 0.1) is 5.92 Å². The summed E-state index contributed by atoms with van der Waals surface area (Å²) in [6.07, 6.45) is 11.7. The van der Waals surface area contributed by atoms with Gasteiger partial charge in [-0.1, -0.05) is 0 Å². The highest BCUT2D eigenvalue weighted by Gasteiger charge is 2.32. The van der Waals surface area contributed by atoms with Gasteiger partial charge in [-0.05, 0) is 55.7 Å². The fourth-order valence-corrected chi connectivity index (χ4v) is 3.97. The third-order valence-corrected chi connectivity index (χ3v) is 5.98. The molecule has 1 aromatic heterocycles.